The number of rotatable bonds is 13. The summed E-state index contributed by atoms with van der Waals surface area (Å²) >= 11 is 0. The number of aliphatic hydroxyl groups excluding tert-OH is 5. The molecule has 1 saturated heterocycles. The number of hydrogen-bond donors (Lipinski definition) is 8. The minimum atomic E-state index is -5.61. The Morgan fingerprint density at radius 3 is 2.40 bits per heavy atom. The predicted octanol–water partition coefficient (Wildman–Crippen LogP) is -3.92. The van der Waals surface area contributed by atoms with Crippen LogP contribution in [0.5, 0.6) is 0 Å². The van der Waals surface area contributed by atoms with E-state index < -0.39 is 89.4 Å². The summed E-state index contributed by atoms with van der Waals surface area (Å²) < 4.78 is 43.6. The maximum Gasteiger partial charge on any atom is 0.484 e. The number of carbonyl (C=O) groups is 1. The first kappa shape index (κ1) is 29.6. The van der Waals surface area contributed by atoms with Crippen LogP contribution in [0.3, 0.4) is 0 Å². The van der Waals surface area contributed by atoms with Gasteiger partial charge in [0.25, 0.3) is 5.56 Å². The molecule has 0 radical (unpaired) electrons. The summed E-state index contributed by atoms with van der Waals surface area (Å²) in [4.78, 5) is 53.6. The van der Waals surface area contributed by atoms with Crippen LogP contribution in [0.1, 0.15) is 12.6 Å². The summed E-state index contributed by atoms with van der Waals surface area (Å²) in [5.41, 5.74) is -1.77. The van der Waals surface area contributed by atoms with Crippen molar-refractivity contribution in [1.29, 1.82) is 0 Å². The van der Waals surface area contributed by atoms with Crippen molar-refractivity contribution in [2.45, 2.75) is 49.3 Å². The van der Waals surface area contributed by atoms with E-state index in [-0.39, 0.29) is 6.29 Å². The first-order chi connectivity index (χ1) is 16.2. The molecule has 1 unspecified atom stereocenters. The largest absolute Gasteiger partial charge is 0.484 e. The van der Waals surface area contributed by atoms with Gasteiger partial charge in [-0.2, -0.15) is 4.31 Å². The zero-order chi connectivity index (χ0) is 26.6. The van der Waals surface area contributed by atoms with Gasteiger partial charge in [-0.15, -0.1) is 0 Å². The quantitative estimate of drug-likeness (QED) is 0.0859. The molecule has 2 rings (SSSR count). The van der Waals surface area contributed by atoms with Crippen molar-refractivity contribution in [3.8, 4) is 0 Å². The Morgan fingerprint density at radius 2 is 1.86 bits per heavy atom. The highest BCUT2D eigenvalue weighted by molar-refractivity contribution is 7.61. The van der Waals surface area contributed by atoms with Gasteiger partial charge in [0.15, 0.2) is 6.23 Å². The fraction of sp³-hybridized carbons (Fsp3) is 0.667. The third kappa shape index (κ3) is 7.93. The number of phosphoric ester groups is 1. The van der Waals surface area contributed by atoms with Gasteiger partial charge in [0.2, 0.25) is 0 Å². The summed E-state index contributed by atoms with van der Waals surface area (Å²) in [6.07, 6.45) is -12.2. The van der Waals surface area contributed by atoms with E-state index in [2.05, 4.69) is 4.31 Å². The van der Waals surface area contributed by atoms with Crippen LogP contribution < -0.4 is 11.2 Å². The second-order valence-corrected chi connectivity index (χ2v) is 10.2. The highest BCUT2D eigenvalue weighted by Crippen LogP contribution is 2.62. The molecule has 8 N–H and O–H groups in total. The first-order valence-electron chi connectivity index (χ1n) is 9.65. The van der Waals surface area contributed by atoms with E-state index in [0.717, 1.165) is 12.3 Å². The second-order valence-electron chi connectivity index (χ2n) is 7.17. The number of aromatic amines is 1. The number of aliphatic hydroxyl groups is 5. The van der Waals surface area contributed by atoms with Crippen LogP contribution >= 0.6 is 15.6 Å². The summed E-state index contributed by atoms with van der Waals surface area (Å²) in [6, 6.07) is 0.920. The highest BCUT2D eigenvalue weighted by Gasteiger charge is 2.47. The zero-order valence-electron chi connectivity index (χ0n) is 17.5. The van der Waals surface area contributed by atoms with E-state index in [1.807, 2.05) is 4.98 Å². The van der Waals surface area contributed by atoms with Crippen LogP contribution in [-0.4, -0.2) is 101 Å². The lowest BCUT2D eigenvalue weighted by atomic mass is 10.1. The topological polar surface area (TPSA) is 285 Å². The number of hydrogen-bond acceptors (Lipinski definition) is 14. The smallest absolute Gasteiger partial charge is 0.394 e. The molecule has 2 heterocycles. The lowest BCUT2D eigenvalue weighted by Crippen LogP contribution is -2.41. The Labute approximate surface area is 195 Å². The van der Waals surface area contributed by atoms with E-state index in [1.54, 1.807) is 0 Å². The number of phosphoric acid groups is 2. The molecule has 1 aromatic heterocycles. The van der Waals surface area contributed by atoms with Crippen molar-refractivity contribution in [1.82, 2.24) is 9.55 Å². The Hall–Kier alpha value is -1.63. The molecule has 1 aliphatic heterocycles. The van der Waals surface area contributed by atoms with Crippen LogP contribution in [0.15, 0.2) is 21.9 Å². The number of carbonyl (C=O) groups excluding carboxylic acids is 1. The zero-order valence-corrected chi connectivity index (χ0v) is 19.3. The Bertz CT molecular complexity index is 1070. The molecule has 200 valence electrons. The van der Waals surface area contributed by atoms with Gasteiger partial charge in [0.1, 0.15) is 36.8 Å². The molecule has 18 nitrogen and oxygen atoms in total. The number of aldehydes is 1. The Morgan fingerprint density at radius 1 is 1.20 bits per heavy atom. The van der Waals surface area contributed by atoms with Gasteiger partial charge in [-0.3, -0.25) is 23.4 Å². The number of H-pyrrole nitrogens is 1. The molecular weight excluding hydrogens is 526 g/mol. The van der Waals surface area contributed by atoms with Gasteiger partial charge in [0.05, 0.1) is 19.3 Å². The molecule has 1 aromatic rings. The van der Waals surface area contributed by atoms with Crippen LogP contribution in [-0.2, 0) is 32.0 Å². The summed E-state index contributed by atoms with van der Waals surface area (Å²) in [7, 11) is -11.0. The molecule has 0 bridgehead atoms. The van der Waals surface area contributed by atoms with Gasteiger partial charge in [-0.1, -0.05) is 0 Å². The van der Waals surface area contributed by atoms with Crippen molar-refractivity contribution in [2.75, 3.05) is 13.2 Å². The monoisotopic (exact) mass is 550 g/mol. The summed E-state index contributed by atoms with van der Waals surface area (Å²) in [6.45, 7) is -2.23. The molecule has 20 heteroatoms. The fourth-order valence-electron chi connectivity index (χ4n) is 2.95. The van der Waals surface area contributed by atoms with Crippen LogP contribution in [0.4, 0.5) is 0 Å². The summed E-state index contributed by atoms with van der Waals surface area (Å²) in [5, 5.41) is 49.4. The maximum absolute atomic E-state index is 12.8. The first-order valence-corrected chi connectivity index (χ1v) is 12.6. The number of ether oxygens (including phenoxy) is 1. The molecule has 1 fully saturated rings. The van der Waals surface area contributed by atoms with Crippen LogP contribution in [0, 0.1) is 0 Å². The van der Waals surface area contributed by atoms with Gasteiger partial charge in [-0.05, 0) is 0 Å². The van der Waals surface area contributed by atoms with E-state index >= 15 is 0 Å². The molecule has 1 aliphatic rings. The number of aromatic nitrogens is 2. The van der Waals surface area contributed by atoms with E-state index in [1.165, 1.54) is 0 Å². The third-order valence-electron chi connectivity index (χ3n) is 4.62. The average Bonchev–Trinajstić information content (AvgIpc) is 3.03. The van der Waals surface area contributed by atoms with Crippen LogP contribution in [0.2, 0.25) is 0 Å². The lowest BCUT2D eigenvalue weighted by Gasteiger charge is -2.28. The minimum absolute atomic E-state index is 0.207. The Kier molecular flexibility index (Phi) is 10.2. The van der Waals surface area contributed by atoms with E-state index in [9.17, 15) is 49.0 Å². The lowest BCUT2D eigenvalue weighted by molar-refractivity contribution is -0.115. The average molecular weight is 550 g/mol. The molecule has 35 heavy (non-hydrogen) atoms. The number of nitrogens with one attached hydrogen (secondary N) is 1. The maximum atomic E-state index is 12.8. The number of nitrogens with zero attached hydrogens (tertiary/aromatic N) is 1. The van der Waals surface area contributed by atoms with Crippen LogP contribution in [0.25, 0.3) is 0 Å². The highest BCUT2D eigenvalue weighted by atomic mass is 31.3. The SMILES string of the molecule is O=CC[C@@H](O)[C@@H](O)[C@@H](CO)OP(=O)(OC[C@H]1O[C@@H](n2ccc(=O)[nH]c2=O)[C@H](O)[C@@H]1O)OP(=O)(O)O. The van der Waals surface area contributed by atoms with Gasteiger partial charge in [-0.25, -0.2) is 13.9 Å². The van der Waals surface area contributed by atoms with E-state index in [0.29, 0.717) is 4.57 Å². The van der Waals surface area contributed by atoms with Gasteiger partial charge >= 0.3 is 21.3 Å². The van der Waals surface area contributed by atoms with E-state index in [4.69, 9.17) is 23.6 Å². The van der Waals surface area contributed by atoms with Crippen molar-refractivity contribution in [2.24, 2.45) is 0 Å². The minimum Gasteiger partial charge on any atom is -0.394 e. The third-order valence-corrected chi connectivity index (χ3v) is 7.27. The molecule has 0 spiro atoms. The van der Waals surface area contributed by atoms with Crippen molar-refractivity contribution in [3.63, 3.8) is 0 Å². The van der Waals surface area contributed by atoms with Crippen molar-refractivity contribution < 1.29 is 67.3 Å². The Balaban J connectivity index is 2.20. The normalized spacial score (nSPS) is 27.2. The second kappa shape index (κ2) is 12.1. The fourth-order valence-corrected chi connectivity index (χ4v) is 5.25. The molecule has 0 aliphatic carbocycles. The molecule has 0 saturated carbocycles. The van der Waals surface area contributed by atoms with Gasteiger partial charge in [0, 0.05) is 18.7 Å². The molecule has 0 aromatic carbocycles. The molecule has 0 amide bonds. The predicted molar refractivity (Wildman–Crippen MR) is 109 cm³/mol. The molecular formula is C15H24N2O16P2. The van der Waals surface area contributed by atoms with Crippen molar-refractivity contribution in [3.05, 3.63) is 33.1 Å². The summed E-state index contributed by atoms with van der Waals surface area (Å²) in [5.74, 6) is 0. The van der Waals surface area contributed by atoms with Crippen molar-refractivity contribution >= 4 is 21.9 Å². The standard InChI is InChI=1S/C15H24N2O16P2/c18-4-2-7(20)11(22)8(5-19)32-35(29,33-34(26,27)28)30-6-9-12(23)13(24)14(31-9)17-3-1-10(21)16-15(17)25/h1,3-4,7-9,11-14,19-20,22-24H,2,5-6H2,(H,16,21,25)(H2,26,27,28)/t7-,8-,9-,11-,12-,13-,14-,35?/m1/s1. The van der Waals surface area contributed by atoms with Gasteiger partial charge < -0.3 is 44.9 Å². The molecule has 8 atom stereocenters.